The van der Waals surface area contributed by atoms with Crippen LogP contribution >= 0.6 is 0 Å². The Morgan fingerprint density at radius 2 is 2.16 bits per heavy atom. The zero-order chi connectivity index (χ0) is 13.5. The molecule has 3 heteroatoms. The van der Waals surface area contributed by atoms with Crippen LogP contribution in [0.3, 0.4) is 0 Å². The van der Waals surface area contributed by atoms with E-state index >= 15 is 0 Å². The number of hydrogen-bond donors (Lipinski definition) is 1. The average Bonchev–Trinajstić information content (AvgIpc) is 2.89. The van der Waals surface area contributed by atoms with Gasteiger partial charge in [-0.25, -0.2) is 4.98 Å². The fraction of sp³-hybridized carbons (Fsp3) is 0.688. The van der Waals surface area contributed by atoms with Gasteiger partial charge in [-0.2, -0.15) is 0 Å². The Labute approximate surface area is 116 Å². The third-order valence-electron chi connectivity index (χ3n) is 3.62. The van der Waals surface area contributed by atoms with Gasteiger partial charge in [-0.05, 0) is 42.9 Å². The molecule has 0 unspecified atom stereocenters. The molecule has 0 bridgehead atoms. The van der Waals surface area contributed by atoms with Crippen LogP contribution < -0.4 is 10.1 Å². The van der Waals surface area contributed by atoms with Gasteiger partial charge >= 0.3 is 0 Å². The molecule has 0 amide bonds. The van der Waals surface area contributed by atoms with Crippen molar-refractivity contribution in [1.82, 2.24) is 10.3 Å². The van der Waals surface area contributed by atoms with Gasteiger partial charge in [0.1, 0.15) is 0 Å². The fourth-order valence-electron chi connectivity index (χ4n) is 2.52. The van der Waals surface area contributed by atoms with Crippen LogP contribution in [0.15, 0.2) is 18.3 Å². The normalized spacial score (nSPS) is 16.2. The molecule has 1 aromatic rings. The fourth-order valence-corrected chi connectivity index (χ4v) is 2.52. The first-order chi connectivity index (χ1) is 9.24. The number of hydrogen-bond acceptors (Lipinski definition) is 3. The molecular formula is C16H26N2O. The van der Waals surface area contributed by atoms with E-state index in [4.69, 9.17) is 4.74 Å². The predicted molar refractivity (Wildman–Crippen MR) is 78.2 cm³/mol. The highest BCUT2D eigenvalue weighted by molar-refractivity contribution is 5.20. The maximum Gasteiger partial charge on any atom is 0.213 e. The van der Waals surface area contributed by atoms with Gasteiger partial charge in [0.15, 0.2) is 0 Å². The summed E-state index contributed by atoms with van der Waals surface area (Å²) < 4.78 is 5.82. The number of rotatable bonds is 7. The summed E-state index contributed by atoms with van der Waals surface area (Å²) in [4.78, 5) is 4.29. The summed E-state index contributed by atoms with van der Waals surface area (Å²) in [5.41, 5.74) is 1.25. The minimum atomic E-state index is 0.680. The lowest BCUT2D eigenvalue weighted by Crippen LogP contribution is -2.19. The van der Waals surface area contributed by atoms with Gasteiger partial charge in [-0.1, -0.05) is 26.7 Å². The Balaban J connectivity index is 1.77. The van der Waals surface area contributed by atoms with E-state index in [1.165, 1.54) is 31.2 Å². The highest BCUT2D eigenvalue weighted by Crippen LogP contribution is 2.25. The highest BCUT2D eigenvalue weighted by Gasteiger charge is 2.15. The summed E-state index contributed by atoms with van der Waals surface area (Å²) in [5.74, 6) is 2.19. The quantitative estimate of drug-likeness (QED) is 0.818. The zero-order valence-electron chi connectivity index (χ0n) is 12.2. The zero-order valence-corrected chi connectivity index (χ0v) is 12.2. The Bertz CT molecular complexity index is 373. The Morgan fingerprint density at radius 3 is 2.89 bits per heavy atom. The van der Waals surface area contributed by atoms with Crippen molar-refractivity contribution in [3.8, 4) is 5.88 Å². The summed E-state index contributed by atoms with van der Waals surface area (Å²) >= 11 is 0. The molecule has 3 nitrogen and oxygen atoms in total. The number of nitrogens with zero attached hydrogens (tertiary/aromatic N) is 1. The van der Waals surface area contributed by atoms with E-state index in [-0.39, 0.29) is 0 Å². The molecule has 0 saturated heterocycles. The van der Waals surface area contributed by atoms with Crippen LogP contribution in [0.4, 0.5) is 0 Å². The van der Waals surface area contributed by atoms with E-state index < -0.39 is 0 Å². The molecule has 0 spiro atoms. The van der Waals surface area contributed by atoms with E-state index in [9.17, 15) is 0 Å². The van der Waals surface area contributed by atoms with Crippen LogP contribution in [0, 0.1) is 11.8 Å². The second-order valence-electron chi connectivity index (χ2n) is 5.99. The molecule has 0 aromatic carbocycles. The smallest absolute Gasteiger partial charge is 0.213 e. The first-order valence-electron chi connectivity index (χ1n) is 7.52. The summed E-state index contributed by atoms with van der Waals surface area (Å²) in [7, 11) is 0. The first kappa shape index (κ1) is 14.3. The van der Waals surface area contributed by atoms with Gasteiger partial charge in [-0.15, -0.1) is 0 Å². The molecular weight excluding hydrogens is 236 g/mol. The molecule has 1 aliphatic carbocycles. The van der Waals surface area contributed by atoms with E-state index in [2.05, 4.69) is 36.3 Å². The molecule has 19 heavy (non-hydrogen) atoms. The second-order valence-corrected chi connectivity index (χ2v) is 5.99. The van der Waals surface area contributed by atoms with Crippen molar-refractivity contribution < 1.29 is 4.74 Å². The van der Waals surface area contributed by atoms with E-state index in [0.717, 1.165) is 31.5 Å². The predicted octanol–water partition coefficient (Wildman–Crippen LogP) is 3.40. The molecule has 1 saturated carbocycles. The molecule has 0 atom stereocenters. The molecule has 1 fully saturated rings. The van der Waals surface area contributed by atoms with Crippen LogP contribution in [0.1, 0.15) is 45.1 Å². The monoisotopic (exact) mass is 262 g/mol. The van der Waals surface area contributed by atoms with E-state index in [1.54, 1.807) is 0 Å². The van der Waals surface area contributed by atoms with Crippen LogP contribution in [0.2, 0.25) is 0 Å². The first-order valence-corrected chi connectivity index (χ1v) is 7.52. The Hall–Kier alpha value is -1.09. The number of aromatic nitrogens is 1. The van der Waals surface area contributed by atoms with Crippen molar-refractivity contribution in [3.63, 3.8) is 0 Å². The molecule has 1 aliphatic rings. The third kappa shape index (κ3) is 5.19. The second kappa shape index (κ2) is 7.49. The lowest BCUT2D eigenvalue weighted by Gasteiger charge is -2.12. The van der Waals surface area contributed by atoms with Crippen molar-refractivity contribution in [3.05, 3.63) is 23.9 Å². The van der Waals surface area contributed by atoms with Gasteiger partial charge < -0.3 is 10.1 Å². The molecule has 2 rings (SSSR count). The maximum atomic E-state index is 5.82. The van der Waals surface area contributed by atoms with Crippen molar-refractivity contribution >= 4 is 0 Å². The summed E-state index contributed by atoms with van der Waals surface area (Å²) in [5, 5.41) is 3.44. The van der Waals surface area contributed by atoms with Crippen LogP contribution in [0.5, 0.6) is 5.88 Å². The van der Waals surface area contributed by atoms with Crippen LogP contribution in [-0.4, -0.2) is 18.1 Å². The van der Waals surface area contributed by atoms with Crippen molar-refractivity contribution in [2.45, 2.75) is 46.1 Å². The van der Waals surface area contributed by atoms with Gasteiger partial charge in [0.2, 0.25) is 5.88 Å². The maximum absolute atomic E-state index is 5.82. The summed E-state index contributed by atoms with van der Waals surface area (Å²) in [6.07, 6.45) is 7.20. The molecule has 106 valence electrons. The highest BCUT2D eigenvalue weighted by atomic mass is 16.5. The molecule has 1 heterocycles. The summed E-state index contributed by atoms with van der Waals surface area (Å²) in [6.45, 7) is 7.20. The summed E-state index contributed by atoms with van der Waals surface area (Å²) in [6, 6.07) is 4.11. The number of pyridine rings is 1. The minimum Gasteiger partial charge on any atom is -0.477 e. The SMILES string of the molecule is CC(C)CNCc1ccnc(OCC2CCCC2)c1. The topological polar surface area (TPSA) is 34.2 Å². The van der Waals surface area contributed by atoms with Crippen molar-refractivity contribution in [1.29, 1.82) is 0 Å². The average molecular weight is 262 g/mol. The van der Waals surface area contributed by atoms with Gasteiger partial charge in [0.05, 0.1) is 6.61 Å². The lowest BCUT2D eigenvalue weighted by molar-refractivity contribution is 0.243. The van der Waals surface area contributed by atoms with Crippen LogP contribution in [-0.2, 0) is 6.54 Å². The largest absolute Gasteiger partial charge is 0.477 e. The molecule has 0 aliphatic heterocycles. The Kier molecular flexibility index (Phi) is 5.64. The van der Waals surface area contributed by atoms with Crippen LogP contribution in [0.25, 0.3) is 0 Å². The minimum absolute atomic E-state index is 0.680. The standard InChI is InChI=1S/C16H26N2O/c1-13(2)10-17-11-15-7-8-18-16(9-15)19-12-14-5-3-4-6-14/h7-9,13-14,17H,3-6,10-12H2,1-2H3. The molecule has 1 aromatic heterocycles. The van der Waals surface area contributed by atoms with Gasteiger partial charge in [0, 0.05) is 18.8 Å². The molecule has 1 N–H and O–H groups in total. The van der Waals surface area contributed by atoms with Gasteiger partial charge in [-0.3, -0.25) is 0 Å². The van der Waals surface area contributed by atoms with Gasteiger partial charge in [0.25, 0.3) is 0 Å². The third-order valence-corrected chi connectivity index (χ3v) is 3.62. The van der Waals surface area contributed by atoms with E-state index in [0.29, 0.717) is 5.92 Å². The number of ether oxygens (including phenoxy) is 1. The van der Waals surface area contributed by atoms with Crippen molar-refractivity contribution in [2.24, 2.45) is 11.8 Å². The number of nitrogens with one attached hydrogen (secondary N) is 1. The Morgan fingerprint density at radius 1 is 1.37 bits per heavy atom. The molecule has 0 radical (unpaired) electrons. The lowest BCUT2D eigenvalue weighted by atomic mass is 10.1. The van der Waals surface area contributed by atoms with Crippen molar-refractivity contribution in [2.75, 3.05) is 13.2 Å². The van der Waals surface area contributed by atoms with E-state index in [1.807, 2.05) is 6.20 Å².